The highest BCUT2D eigenvalue weighted by molar-refractivity contribution is 8.13. The van der Waals surface area contributed by atoms with Gasteiger partial charge in [-0.25, -0.2) is 4.76 Å². The Morgan fingerprint density at radius 3 is 2.60 bits per heavy atom. The second kappa shape index (κ2) is 4.05. The van der Waals surface area contributed by atoms with Gasteiger partial charge in [-0.3, -0.25) is 5.43 Å². The molecular weight excluding hydrogens is 225 g/mol. The first kappa shape index (κ1) is 10.8. The zero-order chi connectivity index (χ0) is 10.9. The lowest BCUT2D eigenvalue weighted by atomic mass is 10.2. The molecule has 1 N–H and O–H groups in total. The van der Waals surface area contributed by atoms with Crippen molar-refractivity contribution in [1.29, 1.82) is 0 Å². The maximum absolute atomic E-state index is 5.55. The van der Waals surface area contributed by atoms with Crippen LogP contribution in [0.25, 0.3) is 0 Å². The Labute approximate surface area is 95.3 Å². The van der Waals surface area contributed by atoms with E-state index in [9.17, 15) is 0 Å². The van der Waals surface area contributed by atoms with Gasteiger partial charge in [0, 0.05) is 18.8 Å². The summed E-state index contributed by atoms with van der Waals surface area (Å²) in [6, 6.07) is 10.1. The van der Waals surface area contributed by atoms with Crippen LogP contribution < -0.4 is 5.43 Å². The van der Waals surface area contributed by atoms with E-state index in [1.165, 1.54) is 0 Å². The third kappa shape index (κ3) is 1.98. The number of hydrazine groups is 1. The molecule has 1 aromatic rings. The summed E-state index contributed by atoms with van der Waals surface area (Å²) in [4.78, 5) is 0. The van der Waals surface area contributed by atoms with Crippen molar-refractivity contribution in [1.82, 2.24) is 10.2 Å². The lowest BCUT2D eigenvalue weighted by Gasteiger charge is -2.19. The lowest BCUT2D eigenvalue weighted by molar-refractivity contribution is 0.512. The minimum absolute atomic E-state index is 0.906. The summed E-state index contributed by atoms with van der Waals surface area (Å²) < 4.78 is 6.64. The van der Waals surface area contributed by atoms with Gasteiger partial charge in [-0.15, -0.1) is 0 Å². The summed E-state index contributed by atoms with van der Waals surface area (Å²) >= 11 is 5.55. The molecule has 1 aliphatic heterocycles. The Morgan fingerprint density at radius 2 is 2.07 bits per heavy atom. The third-order valence-corrected chi connectivity index (χ3v) is 6.58. The van der Waals surface area contributed by atoms with Gasteiger partial charge in [0.25, 0.3) is 0 Å². The molecule has 1 atom stereocenters. The van der Waals surface area contributed by atoms with Crippen molar-refractivity contribution in [2.24, 2.45) is 4.76 Å². The molecular formula is C10H14N3PS. The van der Waals surface area contributed by atoms with Crippen LogP contribution in [0.5, 0.6) is 0 Å². The van der Waals surface area contributed by atoms with Gasteiger partial charge < -0.3 is 0 Å². The average Bonchev–Trinajstić information content (AvgIpc) is 2.58. The van der Waals surface area contributed by atoms with Crippen LogP contribution in [0.15, 0.2) is 35.1 Å². The molecule has 2 rings (SSSR count). The van der Waals surface area contributed by atoms with E-state index in [1.54, 1.807) is 0 Å². The zero-order valence-corrected chi connectivity index (χ0v) is 10.6. The monoisotopic (exact) mass is 239 g/mol. The SMILES string of the molecule is CCP1(=S)N=C(c2ccccc2)NN1C. The fourth-order valence-electron chi connectivity index (χ4n) is 1.48. The largest absolute Gasteiger partial charge is 0.297 e. The Bertz CT molecular complexity index is 430. The fourth-order valence-corrected chi connectivity index (χ4v) is 3.27. The number of rotatable bonds is 2. The van der Waals surface area contributed by atoms with E-state index in [2.05, 4.69) is 17.1 Å². The van der Waals surface area contributed by atoms with Crippen molar-refractivity contribution in [3.63, 3.8) is 0 Å². The Hall–Kier alpha value is -0.700. The number of benzene rings is 1. The number of nitrogens with zero attached hydrogens (tertiary/aromatic N) is 2. The second-order valence-electron chi connectivity index (χ2n) is 3.43. The van der Waals surface area contributed by atoms with Crippen LogP contribution in [0.4, 0.5) is 0 Å². The Morgan fingerprint density at radius 1 is 1.40 bits per heavy atom. The van der Waals surface area contributed by atoms with Crippen molar-refractivity contribution in [3.05, 3.63) is 35.9 Å². The van der Waals surface area contributed by atoms with E-state index in [0.717, 1.165) is 17.6 Å². The minimum atomic E-state index is -1.72. The molecule has 1 unspecified atom stereocenters. The Balaban J connectivity index is 2.35. The van der Waals surface area contributed by atoms with Crippen molar-refractivity contribution >= 4 is 24.0 Å². The van der Waals surface area contributed by atoms with E-state index in [1.807, 2.05) is 42.2 Å². The van der Waals surface area contributed by atoms with Crippen molar-refractivity contribution in [2.75, 3.05) is 13.2 Å². The number of nitrogens with one attached hydrogen (secondary N) is 1. The van der Waals surface area contributed by atoms with Gasteiger partial charge in [0.15, 0.2) is 0 Å². The summed E-state index contributed by atoms with van der Waals surface area (Å²) in [5, 5.41) is 0. The first-order chi connectivity index (χ1) is 7.15. The molecule has 1 aromatic carbocycles. The van der Waals surface area contributed by atoms with Gasteiger partial charge in [-0.2, -0.15) is 4.78 Å². The number of amidine groups is 1. The van der Waals surface area contributed by atoms with Crippen LogP contribution in [0.1, 0.15) is 12.5 Å². The summed E-state index contributed by atoms with van der Waals surface area (Å²) in [5.74, 6) is 0.906. The summed E-state index contributed by atoms with van der Waals surface area (Å²) in [6.45, 7) is 2.09. The predicted molar refractivity (Wildman–Crippen MR) is 68.7 cm³/mol. The highest BCUT2D eigenvalue weighted by atomic mass is 32.4. The number of hydrogen-bond donors (Lipinski definition) is 1. The molecule has 0 saturated carbocycles. The molecule has 80 valence electrons. The van der Waals surface area contributed by atoms with Gasteiger partial charge >= 0.3 is 0 Å². The van der Waals surface area contributed by atoms with Crippen molar-refractivity contribution in [3.8, 4) is 0 Å². The van der Waals surface area contributed by atoms with Crippen molar-refractivity contribution in [2.45, 2.75) is 6.92 Å². The van der Waals surface area contributed by atoms with Crippen LogP contribution in [0, 0.1) is 0 Å². The Kier molecular flexibility index (Phi) is 2.91. The maximum atomic E-state index is 5.55. The average molecular weight is 239 g/mol. The van der Waals surface area contributed by atoms with Gasteiger partial charge in [0.2, 0.25) is 0 Å². The zero-order valence-electron chi connectivity index (χ0n) is 8.84. The van der Waals surface area contributed by atoms with Crippen LogP contribution in [0.2, 0.25) is 0 Å². The lowest BCUT2D eigenvalue weighted by Crippen LogP contribution is -2.31. The summed E-state index contributed by atoms with van der Waals surface area (Å²) in [6.07, 6.45) is -0.801. The minimum Gasteiger partial charge on any atom is -0.297 e. The molecule has 0 spiro atoms. The molecule has 3 nitrogen and oxygen atoms in total. The third-order valence-electron chi connectivity index (χ3n) is 2.45. The van der Waals surface area contributed by atoms with Gasteiger partial charge in [0.1, 0.15) is 12.2 Å². The van der Waals surface area contributed by atoms with E-state index in [4.69, 9.17) is 11.8 Å². The molecule has 15 heavy (non-hydrogen) atoms. The molecule has 0 bridgehead atoms. The van der Waals surface area contributed by atoms with Crippen LogP contribution in [-0.4, -0.2) is 23.8 Å². The van der Waals surface area contributed by atoms with Crippen LogP contribution in [-0.2, 0) is 11.8 Å². The van der Waals surface area contributed by atoms with E-state index < -0.39 is 6.34 Å². The maximum Gasteiger partial charge on any atom is 0.149 e. The quantitative estimate of drug-likeness (QED) is 0.802. The topological polar surface area (TPSA) is 27.6 Å². The standard InChI is InChI=1S/C10H14N3PS/c1-3-14(15)12-10(11-13(14)2)9-7-5-4-6-8-9/h4-8H,3H2,1-2H3,(H,11,12,15). The van der Waals surface area contributed by atoms with Gasteiger partial charge in [-0.05, 0) is 0 Å². The number of hydrogen-bond acceptors (Lipinski definition) is 2. The fraction of sp³-hybridized carbons (Fsp3) is 0.300. The highest BCUT2D eigenvalue weighted by Gasteiger charge is 2.28. The first-order valence-corrected chi connectivity index (χ1v) is 7.80. The summed E-state index contributed by atoms with van der Waals surface area (Å²) in [7, 11) is 1.98. The smallest absolute Gasteiger partial charge is 0.149 e. The first-order valence-electron chi connectivity index (χ1n) is 4.91. The molecule has 1 aliphatic rings. The van der Waals surface area contributed by atoms with E-state index >= 15 is 0 Å². The predicted octanol–water partition coefficient (Wildman–Crippen LogP) is 2.21. The normalized spacial score (nSPS) is 26.1. The molecule has 0 amide bonds. The molecule has 0 aliphatic carbocycles. The molecule has 0 saturated heterocycles. The van der Waals surface area contributed by atoms with Gasteiger partial charge in [0.05, 0.1) is 0 Å². The molecule has 0 aromatic heterocycles. The van der Waals surface area contributed by atoms with Crippen molar-refractivity contribution < 1.29 is 0 Å². The molecule has 5 heteroatoms. The van der Waals surface area contributed by atoms with E-state index in [-0.39, 0.29) is 0 Å². The van der Waals surface area contributed by atoms with Gasteiger partial charge in [-0.1, -0.05) is 49.1 Å². The molecule has 0 fully saturated rings. The van der Waals surface area contributed by atoms with Crippen LogP contribution >= 0.6 is 6.34 Å². The highest BCUT2D eigenvalue weighted by Crippen LogP contribution is 2.52. The molecule has 1 heterocycles. The van der Waals surface area contributed by atoms with Crippen LogP contribution in [0.3, 0.4) is 0 Å². The van der Waals surface area contributed by atoms with E-state index in [0.29, 0.717) is 0 Å². The second-order valence-corrected chi connectivity index (χ2v) is 7.95. The summed E-state index contributed by atoms with van der Waals surface area (Å²) in [5.41, 5.74) is 4.34. The molecule has 0 radical (unpaired) electrons.